The van der Waals surface area contributed by atoms with Crippen LogP contribution in [0.25, 0.3) is 0 Å². The molecule has 1 aromatic carbocycles. The lowest BCUT2D eigenvalue weighted by atomic mass is 10.1. The average molecular weight is 206 g/mol. The summed E-state index contributed by atoms with van der Waals surface area (Å²) in [4.78, 5) is 0. The Labute approximate surface area is 76.9 Å². The molecule has 0 radical (unpaired) electrons. The van der Waals surface area contributed by atoms with E-state index in [4.69, 9.17) is 0 Å². The number of rotatable bonds is 1. The van der Waals surface area contributed by atoms with Crippen molar-refractivity contribution in [3.05, 3.63) is 29.3 Å². The molecular formula is C9H10F3P. The number of aryl methyl sites for hydroxylation is 1. The molecule has 0 aliphatic rings. The molecule has 1 unspecified atom stereocenters. The summed E-state index contributed by atoms with van der Waals surface area (Å²) in [5, 5.41) is 0.396. The van der Waals surface area contributed by atoms with Gasteiger partial charge in [0.1, 0.15) is 0 Å². The van der Waals surface area contributed by atoms with Crippen LogP contribution in [0.4, 0.5) is 13.2 Å². The van der Waals surface area contributed by atoms with E-state index >= 15 is 0 Å². The SMILES string of the molecule is CPc1cccc(C)c1C(F)(F)F. The molecule has 1 rings (SSSR count). The van der Waals surface area contributed by atoms with E-state index in [1.54, 1.807) is 12.7 Å². The van der Waals surface area contributed by atoms with E-state index in [0.717, 1.165) is 0 Å². The second kappa shape index (κ2) is 3.67. The summed E-state index contributed by atoms with van der Waals surface area (Å²) in [5.41, 5.74) is -0.157. The fourth-order valence-corrected chi connectivity index (χ4v) is 2.10. The maximum Gasteiger partial charge on any atom is 0.417 e. The minimum atomic E-state index is -4.22. The molecule has 0 nitrogen and oxygen atoms in total. The van der Waals surface area contributed by atoms with Crippen molar-refractivity contribution >= 4 is 13.9 Å². The predicted molar refractivity (Wildman–Crippen MR) is 50.1 cm³/mol. The predicted octanol–water partition coefficient (Wildman–Crippen LogP) is 2.95. The summed E-state index contributed by atoms with van der Waals surface area (Å²) in [6.07, 6.45) is -4.22. The molecule has 0 amide bonds. The Bertz CT molecular complexity index is 304. The van der Waals surface area contributed by atoms with Gasteiger partial charge in [-0.05, 0) is 24.5 Å². The zero-order chi connectivity index (χ0) is 10.1. The van der Waals surface area contributed by atoms with Crippen molar-refractivity contribution in [2.24, 2.45) is 0 Å². The third-order valence-electron chi connectivity index (χ3n) is 1.83. The Morgan fingerprint density at radius 2 is 1.85 bits per heavy atom. The normalized spacial score (nSPS) is 12.7. The largest absolute Gasteiger partial charge is 0.417 e. The van der Waals surface area contributed by atoms with Crippen molar-refractivity contribution in [3.8, 4) is 0 Å². The molecule has 13 heavy (non-hydrogen) atoms. The zero-order valence-corrected chi connectivity index (χ0v) is 8.37. The lowest BCUT2D eigenvalue weighted by Gasteiger charge is -2.13. The maximum absolute atomic E-state index is 12.5. The summed E-state index contributed by atoms with van der Waals surface area (Å²) in [6, 6.07) is 4.69. The Hall–Kier alpha value is -0.560. The summed E-state index contributed by atoms with van der Waals surface area (Å²) >= 11 is 0. The summed E-state index contributed by atoms with van der Waals surface area (Å²) in [6.45, 7) is 3.25. The number of benzene rings is 1. The monoisotopic (exact) mass is 206 g/mol. The van der Waals surface area contributed by atoms with Crippen molar-refractivity contribution in [3.63, 3.8) is 0 Å². The standard InChI is InChI=1S/C9H10F3P/c1-6-4-3-5-7(13-2)8(6)9(10,11)12/h3-5,13H,1-2H3. The molecule has 0 aromatic heterocycles. The van der Waals surface area contributed by atoms with E-state index in [-0.39, 0.29) is 8.58 Å². The quantitative estimate of drug-likeness (QED) is 0.619. The van der Waals surface area contributed by atoms with Crippen LogP contribution in [0.3, 0.4) is 0 Å². The lowest BCUT2D eigenvalue weighted by Crippen LogP contribution is -2.17. The van der Waals surface area contributed by atoms with E-state index in [1.807, 2.05) is 0 Å². The third-order valence-corrected chi connectivity index (χ3v) is 2.78. The van der Waals surface area contributed by atoms with Crippen LogP contribution in [0.1, 0.15) is 11.1 Å². The highest BCUT2D eigenvalue weighted by Gasteiger charge is 2.34. The highest BCUT2D eigenvalue weighted by atomic mass is 31.1. The molecule has 0 bridgehead atoms. The Balaban J connectivity index is 3.32. The first-order valence-corrected chi connectivity index (χ1v) is 5.31. The van der Waals surface area contributed by atoms with Crippen LogP contribution in [-0.2, 0) is 6.18 Å². The molecule has 0 N–H and O–H groups in total. The minimum Gasteiger partial charge on any atom is -0.166 e. The average Bonchev–Trinajstić information content (AvgIpc) is 2.01. The topological polar surface area (TPSA) is 0 Å². The van der Waals surface area contributed by atoms with Gasteiger partial charge in [-0.3, -0.25) is 0 Å². The van der Waals surface area contributed by atoms with Crippen molar-refractivity contribution in [2.45, 2.75) is 13.1 Å². The first-order valence-electron chi connectivity index (χ1n) is 3.81. The number of halogens is 3. The van der Waals surface area contributed by atoms with Crippen molar-refractivity contribution in [2.75, 3.05) is 6.66 Å². The molecule has 72 valence electrons. The highest BCUT2D eigenvalue weighted by Crippen LogP contribution is 2.32. The number of alkyl halides is 3. The van der Waals surface area contributed by atoms with Crippen LogP contribution in [0.5, 0.6) is 0 Å². The number of hydrogen-bond donors (Lipinski definition) is 0. The fraction of sp³-hybridized carbons (Fsp3) is 0.333. The van der Waals surface area contributed by atoms with Crippen molar-refractivity contribution in [1.82, 2.24) is 0 Å². The maximum atomic E-state index is 12.5. The van der Waals surface area contributed by atoms with Crippen LogP contribution in [0.15, 0.2) is 18.2 Å². The molecule has 0 spiro atoms. The van der Waals surface area contributed by atoms with Gasteiger partial charge in [-0.15, -0.1) is 0 Å². The van der Waals surface area contributed by atoms with Gasteiger partial charge < -0.3 is 0 Å². The van der Waals surface area contributed by atoms with E-state index in [2.05, 4.69) is 0 Å². The highest BCUT2D eigenvalue weighted by molar-refractivity contribution is 7.46. The minimum absolute atomic E-state index is 0.179. The van der Waals surface area contributed by atoms with E-state index in [0.29, 0.717) is 10.9 Å². The van der Waals surface area contributed by atoms with Crippen molar-refractivity contribution < 1.29 is 13.2 Å². The Morgan fingerprint density at radius 1 is 1.23 bits per heavy atom. The molecule has 0 aliphatic heterocycles. The summed E-state index contributed by atoms with van der Waals surface area (Å²) in [5.74, 6) is 0. The molecule has 0 saturated carbocycles. The van der Waals surface area contributed by atoms with E-state index in [9.17, 15) is 13.2 Å². The summed E-state index contributed by atoms with van der Waals surface area (Å²) < 4.78 is 37.5. The summed E-state index contributed by atoms with van der Waals surface area (Å²) in [7, 11) is 0.179. The number of hydrogen-bond acceptors (Lipinski definition) is 0. The fourth-order valence-electron chi connectivity index (χ4n) is 1.25. The van der Waals surface area contributed by atoms with Gasteiger partial charge in [-0.2, -0.15) is 13.2 Å². The molecule has 0 heterocycles. The molecule has 0 saturated heterocycles. The van der Waals surface area contributed by atoms with Crippen molar-refractivity contribution in [1.29, 1.82) is 0 Å². The van der Waals surface area contributed by atoms with E-state index < -0.39 is 11.7 Å². The van der Waals surface area contributed by atoms with Gasteiger partial charge in [0.2, 0.25) is 0 Å². The zero-order valence-electron chi connectivity index (χ0n) is 7.37. The van der Waals surface area contributed by atoms with Gasteiger partial charge in [0, 0.05) is 0 Å². The van der Waals surface area contributed by atoms with Gasteiger partial charge in [0.25, 0.3) is 0 Å². The first kappa shape index (κ1) is 10.5. The van der Waals surface area contributed by atoms with Gasteiger partial charge in [0.15, 0.2) is 0 Å². The second-order valence-electron chi connectivity index (χ2n) is 2.75. The molecule has 1 aromatic rings. The third kappa shape index (κ3) is 2.22. The molecule has 4 heteroatoms. The van der Waals surface area contributed by atoms with Crippen LogP contribution >= 0.6 is 8.58 Å². The van der Waals surface area contributed by atoms with Crippen LogP contribution < -0.4 is 5.30 Å². The molecule has 0 aliphatic carbocycles. The molecular weight excluding hydrogens is 196 g/mol. The van der Waals surface area contributed by atoms with Gasteiger partial charge in [0.05, 0.1) is 5.56 Å². The molecule has 1 atom stereocenters. The van der Waals surface area contributed by atoms with Gasteiger partial charge in [-0.1, -0.05) is 26.8 Å². The molecule has 0 fully saturated rings. The van der Waals surface area contributed by atoms with Gasteiger partial charge >= 0.3 is 6.18 Å². The smallest absolute Gasteiger partial charge is 0.166 e. The second-order valence-corrected chi connectivity index (χ2v) is 3.78. The van der Waals surface area contributed by atoms with E-state index in [1.165, 1.54) is 19.1 Å². The Kier molecular flexibility index (Phi) is 2.97. The van der Waals surface area contributed by atoms with Crippen LogP contribution in [0.2, 0.25) is 0 Å². The van der Waals surface area contributed by atoms with Crippen LogP contribution in [0, 0.1) is 6.92 Å². The van der Waals surface area contributed by atoms with Gasteiger partial charge in [-0.25, -0.2) is 0 Å². The lowest BCUT2D eigenvalue weighted by molar-refractivity contribution is -0.137. The Morgan fingerprint density at radius 3 is 2.23 bits per heavy atom. The van der Waals surface area contributed by atoms with Crippen LogP contribution in [-0.4, -0.2) is 6.66 Å². The first-order chi connectivity index (χ1) is 5.96.